The first kappa shape index (κ1) is 15.4. The van der Waals surface area contributed by atoms with E-state index >= 15 is 0 Å². The number of nitrogens with one attached hydrogen (secondary N) is 1. The number of rotatable bonds is 3. The molecule has 0 bridgehead atoms. The third-order valence-electron chi connectivity index (χ3n) is 3.29. The lowest BCUT2D eigenvalue weighted by atomic mass is 9.99. The topological polar surface area (TPSA) is 38.3 Å². The van der Waals surface area contributed by atoms with Crippen LogP contribution in [-0.4, -0.2) is 18.2 Å². The van der Waals surface area contributed by atoms with E-state index in [1.54, 1.807) is 0 Å². The van der Waals surface area contributed by atoms with Crippen LogP contribution in [0.4, 0.5) is 4.79 Å². The third kappa shape index (κ3) is 4.22. The maximum Gasteiger partial charge on any atom is 0.407 e. The van der Waals surface area contributed by atoms with Gasteiger partial charge in [0.2, 0.25) is 0 Å². The summed E-state index contributed by atoms with van der Waals surface area (Å²) < 4.78 is 5.23. The van der Waals surface area contributed by atoms with Gasteiger partial charge in [0.1, 0.15) is 5.60 Å². The molecule has 1 amide bonds. The first-order valence-corrected chi connectivity index (χ1v) is 7.31. The van der Waals surface area contributed by atoms with E-state index in [2.05, 4.69) is 48.6 Å². The Kier molecular flexibility index (Phi) is 4.51. The molecule has 0 aliphatic carbocycles. The normalized spacial score (nSPS) is 11.4. The van der Waals surface area contributed by atoms with Crippen molar-refractivity contribution in [2.24, 2.45) is 0 Å². The van der Waals surface area contributed by atoms with Crippen LogP contribution in [0.3, 0.4) is 0 Å². The van der Waals surface area contributed by atoms with Gasteiger partial charge < -0.3 is 10.1 Å². The lowest BCUT2D eigenvalue weighted by Gasteiger charge is -2.19. The Morgan fingerprint density at radius 2 is 1.76 bits per heavy atom. The molecule has 0 aliphatic rings. The molecule has 2 aromatic rings. The molecule has 1 N–H and O–H groups in total. The van der Waals surface area contributed by atoms with Crippen molar-refractivity contribution >= 4 is 16.9 Å². The lowest BCUT2D eigenvalue weighted by molar-refractivity contribution is 0.0528. The molecule has 3 heteroatoms. The highest BCUT2D eigenvalue weighted by atomic mass is 16.6. The number of ether oxygens (including phenoxy) is 1. The number of aryl methyl sites for hydroxylation is 1. The van der Waals surface area contributed by atoms with Crippen molar-refractivity contribution in [2.45, 2.75) is 39.7 Å². The second-order valence-electron chi connectivity index (χ2n) is 6.27. The molecule has 0 aliphatic heterocycles. The van der Waals surface area contributed by atoms with Crippen LogP contribution in [0.25, 0.3) is 10.8 Å². The van der Waals surface area contributed by atoms with Crippen LogP contribution >= 0.6 is 0 Å². The van der Waals surface area contributed by atoms with Gasteiger partial charge in [0.15, 0.2) is 0 Å². The first-order valence-electron chi connectivity index (χ1n) is 7.31. The molecule has 2 aromatic carbocycles. The Morgan fingerprint density at radius 1 is 1.10 bits per heavy atom. The van der Waals surface area contributed by atoms with Crippen molar-refractivity contribution in [3.8, 4) is 0 Å². The van der Waals surface area contributed by atoms with Gasteiger partial charge in [0.05, 0.1) is 0 Å². The van der Waals surface area contributed by atoms with E-state index in [-0.39, 0.29) is 6.09 Å². The summed E-state index contributed by atoms with van der Waals surface area (Å²) >= 11 is 0. The number of carbonyl (C=O) groups is 1. The number of hydrogen-bond acceptors (Lipinski definition) is 2. The quantitative estimate of drug-likeness (QED) is 0.917. The van der Waals surface area contributed by atoms with Gasteiger partial charge in [-0.3, -0.25) is 0 Å². The smallest absolute Gasteiger partial charge is 0.407 e. The van der Waals surface area contributed by atoms with Gasteiger partial charge in [0.25, 0.3) is 0 Å². The van der Waals surface area contributed by atoms with Gasteiger partial charge in [-0.05, 0) is 56.0 Å². The van der Waals surface area contributed by atoms with Crippen molar-refractivity contribution in [2.75, 3.05) is 6.54 Å². The molecule has 112 valence electrons. The van der Waals surface area contributed by atoms with E-state index in [0.29, 0.717) is 6.54 Å². The second-order valence-corrected chi connectivity index (χ2v) is 6.27. The molecule has 0 saturated carbocycles. The summed E-state index contributed by atoms with van der Waals surface area (Å²) in [5.74, 6) is 0. The largest absolute Gasteiger partial charge is 0.444 e. The molecule has 21 heavy (non-hydrogen) atoms. The first-order chi connectivity index (χ1) is 9.87. The molecular formula is C18H23NO2. The van der Waals surface area contributed by atoms with Crippen LogP contribution in [-0.2, 0) is 11.2 Å². The molecule has 0 aromatic heterocycles. The number of alkyl carbamates (subject to hydrolysis) is 1. The van der Waals surface area contributed by atoms with E-state index < -0.39 is 5.60 Å². The Bertz CT molecular complexity index is 641. The highest BCUT2D eigenvalue weighted by Gasteiger charge is 2.15. The van der Waals surface area contributed by atoms with Gasteiger partial charge in [-0.2, -0.15) is 0 Å². The zero-order chi connectivity index (χ0) is 15.5. The summed E-state index contributed by atoms with van der Waals surface area (Å²) in [6.07, 6.45) is 0.430. The van der Waals surface area contributed by atoms with Gasteiger partial charge in [-0.1, -0.05) is 36.4 Å². The zero-order valence-corrected chi connectivity index (χ0v) is 13.2. The number of hydrogen-bond donors (Lipinski definition) is 1. The van der Waals surface area contributed by atoms with Gasteiger partial charge in [0, 0.05) is 6.54 Å². The van der Waals surface area contributed by atoms with Crippen molar-refractivity contribution < 1.29 is 9.53 Å². The van der Waals surface area contributed by atoms with E-state index in [0.717, 1.165) is 6.42 Å². The molecular weight excluding hydrogens is 262 g/mol. The van der Waals surface area contributed by atoms with Crippen molar-refractivity contribution in [1.82, 2.24) is 5.32 Å². The Morgan fingerprint density at radius 3 is 2.48 bits per heavy atom. The molecule has 0 unspecified atom stereocenters. The minimum absolute atomic E-state index is 0.362. The molecule has 0 fully saturated rings. The number of carbonyl (C=O) groups excluding carboxylic acids is 1. The summed E-state index contributed by atoms with van der Waals surface area (Å²) in [4.78, 5) is 11.6. The predicted octanol–water partition coefficient (Wildman–Crippen LogP) is 4.22. The fraction of sp³-hybridized carbons (Fsp3) is 0.389. The minimum atomic E-state index is -0.458. The van der Waals surface area contributed by atoms with E-state index in [1.165, 1.54) is 21.9 Å². The second kappa shape index (κ2) is 6.17. The fourth-order valence-corrected chi connectivity index (χ4v) is 2.36. The Hall–Kier alpha value is -2.03. The van der Waals surface area contributed by atoms with Crippen LogP contribution in [0.2, 0.25) is 0 Å². The molecule has 3 nitrogen and oxygen atoms in total. The summed E-state index contributed by atoms with van der Waals surface area (Å²) in [6.45, 7) is 8.27. The van der Waals surface area contributed by atoms with Crippen LogP contribution in [0.1, 0.15) is 31.9 Å². The molecule has 0 atom stereocenters. The average molecular weight is 285 g/mol. The van der Waals surface area contributed by atoms with Crippen molar-refractivity contribution in [3.05, 3.63) is 47.5 Å². The lowest BCUT2D eigenvalue weighted by Crippen LogP contribution is -2.33. The highest BCUT2D eigenvalue weighted by Crippen LogP contribution is 2.22. The third-order valence-corrected chi connectivity index (χ3v) is 3.29. The number of benzene rings is 2. The summed E-state index contributed by atoms with van der Waals surface area (Å²) in [5.41, 5.74) is 2.06. The van der Waals surface area contributed by atoms with Crippen molar-refractivity contribution in [1.29, 1.82) is 0 Å². The molecule has 0 radical (unpaired) electrons. The standard InChI is InChI=1S/C18H23NO2/c1-13-7-5-10-16-14(8-6-9-15(13)16)11-12-19-17(20)21-18(2,3)4/h5-10H,11-12H2,1-4H3,(H,19,20). The van der Waals surface area contributed by atoms with Gasteiger partial charge >= 0.3 is 6.09 Å². The number of amides is 1. The summed E-state index contributed by atoms with van der Waals surface area (Å²) in [5, 5.41) is 5.33. The SMILES string of the molecule is Cc1cccc2c(CCNC(=O)OC(C)(C)C)cccc12. The average Bonchev–Trinajstić information content (AvgIpc) is 2.37. The van der Waals surface area contributed by atoms with Crippen LogP contribution in [0.5, 0.6) is 0 Å². The molecule has 0 heterocycles. The molecule has 2 rings (SSSR count). The van der Waals surface area contributed by atoms with Crippen LogP contribution in [0, 0.1) is 6.92 Å². The monoisotopic (exact) mass is 285 g/mol. The number of fused-ring (bicyclic) bond motifs is 1. The molecule has 0 saturated heterocycles. The minimum Gasteiger partial charge on any atom is -0.444 e. The van der Waals surface area contributed by atoms with E-state index in [1.807, 2.05) is 20.8 Å². The zero-order valence-electron chi connectivity index (χ0n) is 13.2. The highest BCUT2D eigenvalue weighted by molar-refractivity contribution is 5.88. The summed E-state index contributed by atoms with van der Waals surface area (Å²) in [7, 11) is 0. The van der Waals surface area contributed by atoms with Crippen LogP contribution in [0.15, 0.2) is 36.4 Å². The maximum absolute atomic E-state index is 11.6. The van der Waals surface area contributed by atoms with Crippen molar-refractivity contribution in [3.63, 3.8) is 0 Å². The fourth-order valence-electron chi connectivity index (χ4n) is 2.36. The van der Waals surface area contributed by atoms with Crippen LogP contribution < -0.4 is 5.32 Å². The predicted molar refractivity (Wildman–Crippen MR) is 86.6 cm³/mol. The van der Waals surface area contributed by atoms with E-state index in [9.17, 15) is 4.79 Å². The van der Waals surface area contributed by atoms with E-state index in [4.69, 9.17) is 4.74 Å². The van der Waals surface area contributed by atoms with Gasteiger partial charge in [-0.25, -0.2) is 4.79 Å². The van der Waals surface area contributed by atoms with Gasteiger partial charge in [-0.15, -0.1) is 0 Å². The summed E-state index contributed by atoms with van der Waals surface area (Å²) in [6, 6.07) is 12.6. The Balaban J connectivity index is 2.01. The Labute approximate surface area is 126 Å². The molecule has 0 spiro atoms. The maximum atomic E-state index is 11.6.